The van der Waals surface area contributed by atoms with Crippen LogP contribution in [0.4, 0.5) is 0 Å². The van der Waals surface area contributed by atoms with Crippen LogP contribution in [0.3, 0.4) is 0 Å². The normalized spacial score (nSPS) is 13.1. The molecule has 0 fully saturated rings. The summed E-state index contributed by atoms with van der Waals surface area (Å²) in [4.78, 5) is 24.2. The molecule has 0 saturated heterocycles. The Kier molecular flexibility index (Phi) is 15.5. The molecule has 5 aliphatic rings. The molecule has 0 spiro atoms. The Morgan fingerprint density at radius 3 is 1.10 bits per heavy atom. The number of hydrogen-bond donors (Lipinski definition) is 0. The van der Waals surface area contributed by atoms with Gasteiger partial charge in [0.15, 0.2) is 23.2 Å². The summed E-state index contributed by atoms with van der Waals surface area (Å²) in [5.74, 6) is 5.55. The van der Waals surface area contributed by atoms with E-state index < -0.39 is 6.98 Å². The van der Waals surface area contributed by atoms with E-state index in [0.717, 1.165) is 144 Å². The van der Waals surface area contributed by atoms with Crippen LogP contribution >= 0.6 is 11.3 Å². The Morgan fingerprint density at radius 2 is 0.622 bits per heavy atom. The Bertz CT molecular complexity index is 8920. The maximum atomic E-state index is 8.26. The van der Waals surface area contributed by atoms with Crippen LogP contribution in [0.15, 0.2) is 373 Å². The quantitative estimate of drug-likeness (QED) is 0.156. The van der Waals surface area contributed by atoms with Crippen molar-refractivity contribution in [2.45, 2.75) is 32.7 Å². The smallest absolute Gasteiger partial charge is 0.383 e. The number of nitrogens with zero attached hydrogens (tertiary/aromatic N) is 17. The molecule has 602 valence electrons. The van der Waals surface area contributed by atoms with Crippen LogP contribution in [0.5, 0.6) is 0 Å². The molecule has 0 saturated carbocycles. The molecule has 0 N–H and O–H groups in total. The van der Waals surface area contributed by atoms with E-state index in [-0.39, 0.29) is 0 Å². The fourth-order valence-corrected chi connectivity index (χ4v) is 21.3. The van der Waals surface area contributed by atoms with Gasteiger partial charge in [0.2, 0.25) is 22.1 Å². The topological polar surface area (TPSA) is 145 Å². The highest BCUT2D eigenvalue weighted by atomic mass is 32.1. The third kappa shape index (κ3) is 10.8. The minimum atomic E-state index is -2.33. The van der Waals surface area contributed by atoms with Gasteiger partial charge in [0.1, 0.15) is 65.5 Å². The maximum Gasteiger partial charge on any atom is 0.383 e. The molecule has 20 heteroatoms. The van der Waals surface area contributed by atoms with Crippen molar-refractivity contribution < 1.29 is 35.8 Å². The van der Waals surface area contributed by atoms with E-state index >= 15 is 0 Å². The highest BCUT2D eigenvalue weighted by Gasteiger charge is 2.45. The molecule has 5 aliphatic heterocycles. The van der Waals surface area contributed by atoms with Gasteiger partial charge >= 0.3 is 11.6 Å². The van der Waals surface area contributed by atoms with Crippen molar-refractivity contribution in [3.8, 4) is 85.4 Å². The van der Waals surface area contributed by atoms with Crippen LogP contribution in [0.2, 0.25) is 0 Å². The number of thiophene rings is 1. The van der Waals surface area contributed by atoms with Crippen LogP contribution in [-0.2, 0) is 46.7 Å². The number of fused-ring (bicyclic) bond motifs is 35. The van der Waals surface area contributed by atoms with Crippen molar-refractivity contribution in [1.29, 1.82) is 0 Å². The SMILES string of the molecule is Cn1c2cccnc2c2c1n(-c1ccccc1)c1[n+]2Cc2ccccc2-1.[2H]C([2H])([2H])n1c2cccnc2c2c1n(-c1ccccc1)c1[n+]2Cc2ccccc2-1.c1ccc(-n2c3[n+](c4c5ncccc5n(-c5ccccc5)c42)Cc2ccccc2-3)cc1.c1ccc(-n2c3[n+](c4c5ncccc5oc42)Cc2ccccc2-3)cc1.c1ccc2c(c1)C[n+]1c-2oc2sc3cccnc3c21. The maximum absolute atomic E-state index is 8.26. The Hall–Kier alpha value is -16.6. The van der Waals surface area contributed by atoms with Gasteiger partial charge in [-0.15, -0.1) is 4.57 Å². The van der Waals surface area contributed by atoms with Crippen molar-refractivity contribution in [2.75, 3.05) is 0 Å². The predicted octanol–water partition coefficient (Wildman–Crippen LogP) is 20.4. The van der Waals surface area contributed by atoms with Crippen LogP contribution in [0, 0.1) is 0 Å². The molecule has 0 unspecified atom stereocenters. The first-order chi connectivity index (χ1) is 64.1. The molecule has 0 bridgehead atoms. The summed E-state index contributed by atoms with van der Waals surface area (Å²) in [5, 5.41) is 0. The summed E-state index contributed by atoms with van der Waals surface area (Å²) in [5.41, 5.74) is 36.0. The van der Waals surface area contributed by atoms with E-state index in [1.165, 1.54) is 93.4 Å². The lowest BCUT2D eigenvalue weighted by Crippen LogP contribution is -2.31. The third-order valence-corrected chi connectivity index (χ3v) is 26.5. The van der Waals surface area contributed by atoms with Crippen LogP contribution in [0.25, 0.3) is 195 Å². The minimum Gasteiger partial charge on any atom is -0.417 e. The average molecular weight is 1670 g/mol. The van der Waals surface area contributed by atoms with Gasteiger partial charge in [-0.3, -0.25) is 4.57 Å². The van der Waals surface area contributed by atoms with E-state index in [1.807, 2.05) is 110 Å². The number of benzene rings is 10. The highest BCUT2D eigenvalue weighted by Crippen LogP contribution is 2.45. The van der Waals surface area contributed by atoms with E-state index in [2.05, 4.69) is 315 Å². The molecule has 0 amide bonds. The second kappa shape index (κ2) is 28.5. The van der Waals surface area contributed by atoms with Gasteiger partial charge in [-0.25, -0.2) is 43.2 Å². The summed E-state index contributed by atoms with van der Waals surface area (Å²) >= 11 is 1.67. The summed E-state index contributed by atoms with van der Waals surface area (Å²) < 4.78 is 65.0. The number of furan rings is 1. The molecule has 0 radical (unpaired) electrons. The summed E-state index contributed by atoms with van der Waals surface area (Å²) in [6.07, 6.45) is 9.17. The molecule has 10 aromatic carbocycles. The fourth-order valence-electron chi connectivity index (χ4n) is 20.2. The lowest BCUT2D eigenvalue weighted by Gasteiger charge is -2.08. The molecule has 15 aromatic heterocycles. The number of pyridine rings is 5. The van der Waals surface area contributed by atoms with Gasteiger partial charge in [-0.2, -0.15) is 18.3 Å². The van der Waals surface area contributed by atoms with Crippen molar-refractivity contribution >= 4 is 121 Å². The zero-order valence-electron chi connectivity index (χ0n) is 71.5. The molecular weight excluding hydrogens is 1590 g/mol. The lowest BCUT2D eigenvalue weighted by atomic mass is 10.1. The van der Waals surface area contributed by atoms with Crippen molar-refractivity contribution in [3.05, 3.63) is 392 Å². The largest absolute Gasteiger partial charge is 0.417 e. The van der Waals surface area contributed by atoms with Crippen LogP contribution < -0.4 is 22.8 Å². The van der Waals surface area contributed by atoms with Crippen molar-refractivity contribution in [3.63, 3.8) is 0 Å². The molecule has 20 heterocycles. The second-order valence-electron chi connectivity index (χ2n) is 32.5. The first-order valence-electron chi connectivity index (χ1n) is 44.1. The minimum absolute atomic E-state index is 0.619. The Morgan fingerprint density at radius 1 is 0.283 bits per heavy atom. The number of imidazole rings is 4. The predicted molar refractivity (Wildman–Crippen MR) is 497 cm³/mol. The lowest BCUT2D eigenvalue weighted by molar-refractivity contribution is -0.648. The molecular formula is C107H76N17O2S+5. The van der Waals surface area contributed by atoms with Crippen molar-refractivity contribution in [1.82, 2.24) is 56.9 Å². The Balaban J connectivity index is 0.0000000862. The molecule has 25 aromatic rings. The summed E-state index contributed by atoms with van der Waals surface area (Å²) in [6.45, 7) is 1.82. The van der Waals surface area contributed by atoms with Crippen LogP contribution in [0.1, 0.15) is 31.9 Å². The zero-order chi connectivity index (χ0) is 86.1. The number of para-hydroxylation sites is 5. The molecule has 30 rings (SSSR count). The summed E-state index contributed by atoms with van der Waals surface area (Å²) in [6, 6.07) is 115. The number of aryl methyl sites for hydroxylation is 2. The van der Waals surface area contributed by atoms with Gasteiger partial charge < -0.3 is 18.0 Å². The molecule has 0 aliphatic carbocycles. The fraction of sp³-hybridized carbons (Fsp3) is 0.0654. The van der Waals surface area contributed by atoms with E-state index in [9.17, 15) is 0 Å². The number of rotatable bonds is 5. The van der Waals surface area contributed by atoms with E-state index in [0.29, 0.717) is 23.2 Å². The third-order valence-electron chi connectivity index (χ3n) is 25.5. The molecule has 127 heavy (non-hydrogen) atoms. The van der Waals surface area contributed by atoms with Gasteiger partial charge in [-0.1, -0.05) is 193 Å². The van der Waals surface area contributed by atoms with E-state index in [4.69, 9.17) is 22.9 Å². The summed E-state index contributed by atoms with van der Waals surface area (Å²) in [7, 11) is 2.13. The van der Waals surface area contributed by atoms with Crippen molar-refractivity contribution in [2.24, 2.45) is 14.0 Å². The molecule has 19 nitrogen and oxygen atoms in total. The van der Waals surface area contributed by atoms with Gasteiger partial charge in [-0.05, 0) is 152 Å². The number of hydrogen-bond acceptors (Lipinski definition) is 8. The Labute approximate surface area is 733 Å². The number of aromatic nitrogens is 17. The van der Waals surface area contributed by atoms with Gasteiger partial charge in [0.05, 0.1) is 49.1 Å². The molecule has 0 atom stereocenters. The number of oxazole rings is 1. The first kappa shape index (κ1) is 69.0. The monoisotopic (exact) mass is 1670 g/mol. The van der Waals surface area contributed by atoms with Gasteiger partial charge in [0.25, 0.3) is 50.7 Å². The second-order valence-corrected chi connectivity index (χ2v) is 33.5. The van der Waals surface area contributed by atoms with Gasteiger partial charge in [0, 0.05) is 82.6 Å². The average Bonchev–Trinajstić information content (AvgIpc) is 1.54. The highest BCUT2D eigenvalue weighted by molar-refractivity contribution is 7.25. The standard InChI is InChI=1S/C27H19N4.2C22H17N4.C21H14N3O.C15H9N2OS/c1-3-11-20(12-4-1)30-23-16-9-17-28-24(23)25-27(30)31(21-13-5-2-6-14-21)26-22-15-8-7-10-19(22)18-29(25)26;2*1-24-18-12-7-13-23-19(18)20-22(24)26(16-9-3-2-4-10-16)21-17-11-6-5-8-15(17)14-25(20)21;1-2-8-15(9-3-1)24-20-16-10-5-4-7-14(16)13-23(20)19-18-17(25-21(19)24)11-6-12-22-18;1-2-5-10-9(4-1)8-17-13-12-11(6-3-7-16-12)19-15(13)18-14(10)17/h1-17H,18H2;2*2-13H,14H2,1H3;1-12H,13H2;1-7H,8H2/q5*+1/i;1D3;;;. The zero-order valence-corrected chi connectivity index (χ0v) is 69.3. The van der Waals surface area contributed by atoms with Crippen LogP contribution in [-0.4, -0.2) is 56.9 Å². The van der Waals surface area contributed by atoms with E-state index in [1.54, 1.807) is 23.6 Å². The first-order valence-corrected chi connectivity index (χ1v) is 43.4.